The third-order valence-electron chi connectivity index (χ3n) is 2.78. The molecule has 110 valence electrons. The van der Waals surface area contributed by atoms with Crippen molar-refractivity contribution in [2.45, 2.75) is 13.8 Å². The number of ether oxygens (including phenoxy) is 3. The number of nitrogens with two attached hydrogens (primary N) is 1. The minimum atomic E-state index is -0.919. The Morgan fingerprint density at radius 3 is 2.45 bits per heavy atom. The van der Waals surface area contributed by atoms with E-state index in [-0.39, 0.29) is 17.9 Å². The van der Waals surface area contributed by atoms with Crippen molar-refractivity contribution in [3.8, 4) is 5.75 Å². The highest BCUT2D eigenvalue weighted by Crippen LogP contribution is 2.22. The number of nitrogen functional groups attached to an aromatic ring is 1. The van der Waals surface area contributed by atoms with Crippen LogP contribution < -0.4 is 10.5 Å². The minimum Gasteiger partial charge on any atom is -0.497 e. The summed E-state index contributed by atoms with van der Waals surface area (Å²) in [4.78, 5) is 23.5. The molecular formula is C14H19NO5. The van der Waals surface area contributed by atoms with E-state index < -0.39 is 17.4 Å². The fourth-order valence-corrected chi connectivity index (χ4v) is 1.50. The largest absolute Gasteiger partial charge is 0.497 e. The zero-order valence-corrected chi connectivity index (χ0v) is 12.1. The van der Waals surface area contributed by atoms with Crippen molar-refractivity contribution < 1.29 is 23.8 Å². The summed E-state index contributed by atoms with van der Waals surface area (Å²) in [5.74, 6) is -0.569. The highest BCUT2D eigenvalue weighted by Gasteiger charge is 2.31. The van der Waals surface area contributed by atoms with Gasteiger partial charge < -0.3 is 19.9 Å². The van der Waals surface area contributed by atoms with Gasteiger partial charge in [-0.05, 0) is 32.0 Å². The van der Waals surface area contributed by atoms with Gasteiger partial charge >= 0.3 is 11.9 Å². The number of hydrogen-bond acceptors (Lipinski definition) is 6. The number of carbonyl (C=O) groups excluding carboxylic acids is 2. The van der Waals surface area contributed by atoms with Crippen molar-refractivity contribution in [3.05, 3.63) is 23.8 Å². The first-order chi connectivity index (χ1) is 9.31. The standard InChI is InChI=1S/C14H19NO5/c1-14(2,13(17)19-4)8-20-12(16)10-7-9(18-3)5-6-11(10)15/h5-7H,8,15H2,1-4H3. The predicted octanol–water partition coefficient (Wildman–Crippen LogP) is 1.63. The topological polar surface area (TPSA) is 87.8 Å². The van der Waals surface area contributed by atoms with E-state index in [0.29, 0.717) is 5.75 Å². The Balaban J connectivity index is 2.80. The molecule has 20 heavy (non-hydrogen) atoms. The quantitative estimate of drug-likeness (QED) is 0.652. The molecule has 0 unspecified atom stereocenters. The zero-order valence-electron chi connectivity index (χ0n) is 12.1. The molecule has 0 aliphatic carbocycles. The van der Waals surface area contributed by atoms with Crippen LogP contribution >= 0.6 is 0 Å². The van der Waals surface area contributed by atoms with Crippen LogP contribution in [0.1, 0.15) is 24.2 Å². The Kier molecular flexibility index (Phi) is 4.96. The van der Waals surface area contributed by atoms with Gasteiger partial charge in [0.15, 0.2) is 0 Å². The maximum atomic E-state index is 12.0. The second-order valence-electron chi connectivity index (χ2n) is 4.90. The zero-order chi connectivity index (χ0) is 15.3. The second kappa shape index (κ2) is 6.27. The number of hydrogen-bond donors (Lipinski definition) is 1. The van der Waals surface area contributed by atoms with Crippen LogP contribution in [0.5, 0.6) is 5.75 Å². The van der Waals surface area contributed by atoms with Crippen LogP contribution in [0.25, 0.3) is 0 Å². The Labute approximate surface area is 117 Å². The molecule has 1 aromatic carbocycles. The molecule has 0 bridgehead atoms. The van der Waals surface area contributed by atoms with E-state index in [1.807, 2.05) is 0 Å². The van der Waals surface area contributed by atoms with Crippen molar-refractivity contribution in [3.63, 3.8) is 0 Å². The predicted molar refractivity (Wildman–Crippen MR) is 73.5 cm³/mol. The SMILES string of the molecule is COC(=O)C(C)(C)COC(=O)c1cc(OC)ccc1N. The van der Waals surface area contributed by atoms with Crippen LogP contribution in [0.3, 0.4) is 0 Å². The highest BCUT2D eigenvalue weighted by atomic mass is 16.5. The van der Waals surface area contributed by atoms with Crippen LogP contribution in [-0.4, -0.2) is 32.8 Å². The van der Waals surface area contributed by atoms with Gasteiger partial charge in [-0.3, -0.25) is 4.79 Å². The summed E-state index contributed by atoms with van der Waals surface area (Å²) in [5.41, 5.74) is 5.29. The molecule has 0 fully saturated rings. The first kappa shape index (κ1) is 15.8. The van der Waals surface area contributed by atoms with Gasteiger partial charge in [0.1, 0.15) is 12.4 Å². The second-order valence-corrected chi connectivity index (χ2v) is 4.90. The molecule has 6 nitrogen and oxygen atoms in total. The lowest BCUT2D eigenvalue weighted by Crippen LogP contribution is -2.32. The van der Waals surface area contributed by atoms with Crippen molar-refractivity contribution >= 4 is 17.6 Å². The number of anilines is 1. The molecule has 0 saturated carbocycles. The Hall–Kier alpha value is -2.24. The molecule has 0 radical (unpaired) electrons. The molecule has 0 saturated heterocycles. The van der Waals surface area contributed by atoms with Crippen LogP contribution in [-0.2, 0) is 14.3 Å². The fourth-order valence-electron chi connectivity index (χ4n) is 1.50. The lowest BCUT2D eigenvalue weighted by molar-refractivity contribution is -0.152. The molecule has 6 heteroatoms. The van der Waals surface area contributed by atoms with Gasteiger partial charge in [-0.2, -0.15) is 0 Å². The number of rotatable bonds is 5. The molecule has 0 spiro atoms. The molecule has 0 heterocycles. The maximum Gasteiger partial charge on any atom is 0.340 e. The van der Waals surface area contributed by atoms with E-state index in [2.05, 4.69) is 4.74 Å². The Bertz CT molecular complexity index is 510. The van der Waals surface area contributed by atoms with Crippen molar-refractivity contribution in [2.24, 2.45) is 5.41 Å². The van der Waals surface area contributed by atoms with Gasteiger partial charge in [0.25, 0.3) is 0 Å². The number of esters is 2. The smallest absolute Gasteiger partial charge is 0.340 e. The van der Waals surface area contributed by atoms with Gasteiger partial charge in [-0.25, -0.2) is 4.79 Å². The van der Waals surface area contributed by atoms with E-state index in [1.54, 1.807) is 26.0 Å². The highest BCUT2D eigenvalue weighted by molar-refractivity contribution is 5.95. The van der Waals surface area contributed by atoms with Crippen molar-refractivity contribution in [2.75, 3.05) is 26.6 Å². The lowest BCUT2D eigenvalue weighted by atomic mass is 9.95. The molecule has 0 amide bonds. The first-order valence-electron chi connectivity index (χ1n) is 6.01. The molecule has 2 N–H and O–H groups in total. The van der Waals surface area contributed by atoms with Gasteiger partial charge in [0.2, 0.25) is 0 Å². The van der Waals surface area contributed by atoms with Gasteiger partial charge in [-0.15, -0.1) is 0 Å². The molecule has 0 aliphatic rings. The molecular weight excluding hydrogens is 262 g/mol. The van der Waals surface area contributed by atoms with Gasteiger partial charge in [0.05, 0.1) is 25.2 Å². The van der Waals surface area contributed by atoms with Crippen LogP contribution in [0, 0.1) is 5.41 Å². The number of methoxy groups -OCH3 is 2. The van der Waals surface area contributed by atoms with Crippen LogP contribution in [0.2, 0.25) is 0 Å². The monoisotopic (exact) mass is 281 g/mol. The van der Waals surface area contributed by atoms with E-state index in [9.17, 15) is 9.59 Å². The third-order valence-corrected chi connectivity index (χ3v) is 2.78. The molecule has 0 aliphatic heterocycles. The number of carbonyl (C=O) groups is 2. The van der Waals surface area contributed by atoms with Gasteiger partial charge in [0, 0.05) is 5.69 Å². The summed E-state index contributed by atoms with van der Waals surface area (Å²) in [7, 11) is 2.77. The summed E-state index contributed by atoms with van der Waals surface area (Å²) in [6, 6.07) is 4.69. The Morgan fingerprint density at radius 1 is 1.25 bits per heavy atom. The number of benzene rings is 1. The molecule has 1 rings (SSSR count). The summed E-state index contributed by atoms with van der Waals surface area (Å²) in [6.45, 7) is 3.15. The van der Waals surface area contributed by atoms with E-state index in [1.165, 1.54) is 20.3 Å². The van der Waals surface area contributed by atoms with Crippen molar-refractivity contribution in [1.82, 2.24) is 0 Å². The third kappa shape index (κ3) is 3.63. The summed E-state index contributed by atoms with van der Waals surface area (Å²) in [6.07, 6.45) is 0. The first-order valence-corrected chi connectivity index (χ1v) is 6.01. The van der Waals surface area contributed by atoms with E-state index in [0.717, 1.165) is 0 Å². The lowest BCUT2D eigenvalue weighted by Gasteiger charge is -2.21. The van der Waals surface area contributed by atoms with E-state index in [4.69, 9.17) is 15.2 Å². The fraction of sp³-hybridized carbons (Fsp3) is 0.429. The molecule has 0 atom stereocenters. The molecule has 1 aromatic rings. The van der Waals surface area contributed by atoms with Gasteiger partial charge in [-0.1, -0.05) is 0 Å². The average Bonchev–Trinajstić information content (AvgIpc) is 2.44. The minimum absolute atomic E-state index is 0.102. The summed E-state index contributed by atoms with van der Waals surface area (Å²) < 4.78 is 14.8. The van der Waals surface area contributed by atoms with Crippen LogP contribution in [0.15, 0.2) is 18.2 Å². The molecule has 0 aromatic heterocycles. The average molecular weight is 281 g/mol. The summed E-state index contributed by atoms with van der Waals surface area (Å²) in [5, 5.41) is 0. The van der Waals surface area contributed by atoms with Crippen molar-refractivity contribution in [1.29, 1.82) is 0 Å². The normalized spacial score (nSPS) is 10.8. The summed E-state index contributed by atoms with van der Waals surface area (Å²) >= 11 is 0. The van der Waals surface area contributed by atoms with E-state index >= 15 is 0 Å². The van der Waals surface area contributed by atoms with Crippen LogP contribution in [0.4, 0.5) is 5.69 Å². The maximum absolute atomic E-state index is 12.0. The Morgan fingerprint density at radius 2 is 1.90 bits per heavy atom.